The number of amides is 1. The molecule has 1 aliphatic rings. The number of aryl methyl sites for hydroxylation is 1. The number of para-hydroxylation sites is 1. The van der Waals surface area contributed by atoms with Gasteiger partial charge in [0.2, 0.25) is 5.95 Å². The first-order valence-corrected chi connectivity index (χ1v) is 8.91. The Balaban J connectivity index is 1.61. The van der Waals surface area contributed by atoms with Crippen molar-refractivity contribution in [2.75, 3.05) is 19.0 Å². The molecule has 1 amide bonds. The van der Waals surface area contributed by atoms with Crippen molar-refractivity contribution >= 4 is 11.9 Å². The summed E-state index contributed by atoms with van der Waals surface area (Å²) in [4.78, 5) is 27.9. The molecule has 1 atom stereocenters. The number of nitrogens with zero attached hydrogens (tertiary/aromatic N) is 6. The molecule has 0 unspecified atom stereocenters. The van der Waals surface area contributed by atoms with Crippen molar-refractivity contribution in [3.63, 3.8) is 0 Å². The summed E-state index contributed by atoms with van der Waals surface area (Å²) >= 11 is 0. The van der Waals surface area contributed by atoms with E-state index in [1.165, 1.54) is 6.33 Å². The van der Waals surface area contributed by atoms with Gasteiger partial charge in [0.05, 0.1) is 23.0 Å². The van der Waals surface area contributed by atoms with Gasteiger partial charge in [0.1, 0.15) is 12.7 Å². The molecular formula is C19H21N7O. The number of carbonyl (C=O) groups is 1. The van der Waals surface area contributed by atoms with E-state index in [4.69, 9.17) is 0 Å². The molecule has 2 aromatic heterocycles. The normalized spacial score (nSPS) is 15.9. The van der Waals surface area contributed by atoms with E-state index in [2.05, 4.69) is 25.4 Å². The Kier molecular flexibility index (Phi) is 4.53. The first kappa shape index (κ1) is 17.1. The zero-order chi connectivity index (χ0) is 18.8. The van der Waals surface area contributed by atoms with Gasteiger partial charge in [-0.05, 0) is 31.4 Å². The summed E-state index contributed by atoms with van der Waals surface area (Å²) in [7, 11) is 3.84. The third kappa shape index (κ3) is 3.38. The van der Waals surface area contributed by atoms with Crippen LogP contribution < -0.4 is 10.2 Å². The number of carbonyl (C=O) groups excluding carboxylic acids is 1. The minimum Gasteiger partial charge on any atom is -0.347 e. The summed E-state index contributed by atoms with van der Waals surface area (Å²) in [6, 6.07) is 7.27. The minimum atomic E-state index is -0.143. The Hall–Kier alpha value is -3.29. The van der Waals surface area contributed by atoms with Gasteiger partial charge < -0.3 is 10.2 Å². The SMILES string of the molecule is CN(C)c1ncc2c(n1)CCC[C@@H]2NC(=O)c1ccccc1-n1cncn1. The van der Waals surface area contributed by atoms with E-state index < -0.39 is 0 Å². The third-order valence-electron chi connectivity index (χ3n) is 4.69. The van der Waals surface area contributed by atoms with Gasteiger partial charge in [-0.3, -0.25) is 4.79 Å². The molecule has 138 valence electrons. The van der Waals surface area contributed by atoms with Gasteiger partial charge in [0.25, 0.3) is 5.91 Å². The largest absolute Gasteiger partial charge is 0.347 e. The van der Waals surface area contributed by atoms with Crippen LogP contribution in [0, 0.1) is 0 Å². The maximum atomic E-state index is 13.0. The van der Waals surface area contributed by atoms with E-state index in [1.807, 2.05) is 43.4 Å². The van der Waals surface area contributed by atoms with Gasteiger partial charge in [-0.25, -0.2) is 19.6 Å². The van der Waals surface area contributed by atoms with Crippen LogP contribution in [0.2, 0.25) is 0 Å². The summed E-state index contributed by atoms with van der Waals surface area (Å²) in [5.41, 5.74) is 3.26. The highest BCUT2D eigenvalue weighted by Crippen LogP contribution is 2.29. The van der Waals surface area contributed by atoms with Crippen LogP contribution in [0.4, 0.5) is 5.95 Å². The predicted octanol–water partition coefficient (Wildman–Crippen LogP) is 1.93. The Morgan fingerprint density at radius 1 is 1.30 bits per heavy atom. The maximum Gasteiger partial charge on any atom is 0.253 e. The summed E-state index contributed by atoms with van der Waals surface area (Å²) in [5.74, 6) is 0.549. The quantitative estimate of drug-likeness (QED) is 0.762. The smallest absolute Gasteiger partial charge is 0.253 e. The van der Waals surface area contributed by atoms with Crippen LogP contribution in [-0.4, -0.2) is 44.7 Å². The fraction of sp³-hybridized carbons (Fsp3) is 0.316. The lowest BCUT2D eigenvalue weighted by Crippen LogP contribution is -2.32. The number of nitrogens with one attached hydrogen (secondary N) is 1. The molecule has 27 heavy (non-hydrogen) atoms. The van der Waals surface area contributed by atoms with Crippen molar-refractivity contribution in [1.82, 2.24) is 30.0 Å². The van der Waals surface area contributed by atoms with Crippen molar-refractivity contribution in [2.45, 2.75) is 25.3 Å². The number of hydrogen-bond donors (Lipinski definition) is 1. The number of benzene rings is 1. The lowest BCUT2D eigenvalue weighted by atomic mass is 9.92. The molecular weight excluding hydrogens is 342 g/mol. The predicted molar refractivity (Wildman–Crippen MR) is 101 cm³/mol. The average molecular weight is 363 g/mol. The molecule has 8 heteroatoms. The molecule has 1 aromatic carbocycles. The summed E-state index contributed by atoms with van der Waals surface area (Å²) in [6.07, 6.45) is 7.62. The number of anilines is 1. The van der Waals surface area contributed by atoms with Crippen LogP contribution in [-0.2, 0) is 6.42 Å². The van der Waals surface area contributed by atoms with E-state index in [0.717, 1.165) is 30.5 Å². The Bertz CT molecular complexity index is 952. The van der Waals surface area contributed by atoms with E-state index >= 15 is 0 Å². The van der Waals surface area contributed by atoms with Gasteiger partial charge in [-0.15, -0.1) is 0 Å². The van der Waals surface area contributed by atoms with Crippen LogP contribution in [0.1, 0.15) is 40.5 Å². The van der Waals surface area contributed by atoms with E-state index in [9.17, 15) is 4.79 Å². The zero-order valence-corrected chi connectivity index (χ0v) is 15.3. The molecule has 0 aliphatic heterocycles. The van der Waals surface area contributed by atoms with Crippen molar-refractivity contribution in [2.24, 2.45) is 0 Å². The van der Waals surface area contributed by atoms with E-state index in [0.29, 0.717) is 17.2 Å². The standard InChI is InChI=1S/C19H21N7O/c1-25(2)19-21-10-14-15(7-5-8-16(14)24-19)23-18(27)13-6-3-4-9-17(13)26-12-20-11-22-26/h3-4,6,9-12,15H,5,7-8H2,1-2H3,(H,23,27)/t15-/m0/s1. The topological polar surface area (TPSA) is 88.8 Å². The van der Waals surface area contributed by atoms with Gasteiger partial charge in [0.15, 0.2) is 0 Å². The second kappa shape index (κ2) is 7.14. The molecule has 0 fully saturated rings. The van der Waals surface area contributed by atoms with E-state index in [-0.39, 0.29) is 11.9 Å². The fourth-order valence-electron chi connectivity index (χ4n) is 3.34. The highest BCUT2D eigenvalue weighted by atomic mass is 16.1. The molecule has 2 heterocycles. The molecule has 4 rings (SSSR count). The lowest BCUT2D eigenvalue weighted by molar-refractivity contribution is 0.0932. The van der Waals surface area contributed by atoms with Crippen LogP contribution in [0.5, 0.6) is 0 Å². The fourth-order valence-corrected chi connectivity index (χ4v) is 3.34. The lowest BCUT2D eigenvalue weighted by Gasteiger charge is -2.26. The number of hydrogen-bond acceptors (Lipinski definition) is 6. The molecule has 3 aromatic rings. The molecule has 0 spiro atoms. The number of rotatable bonds is 4. The first-order valence-electron chi connectivity index (χ1n) is 8.91. The molecule has 1 aliphatic carbocycles. The van der Waals surface area contributed by atoms with Crippen LogP contribution in [0.3, 0.4) is 0 Å². The molecule has 1 N–H and O–H groups in total. The minimum absolute atomic E-state index is 0.0961. The van der Waals surface area contributed by atoms with Crippen molar-refractivity contribution in [1.29, 1.82) is 0 Å². The third-order valence-corrected chi connectivity index (χ3v) is 4.69. The number of fused-ring (bicyclic) bond motifs is 1. The average Bonchev–Trinajstić information content (AvgIpc) is 3.22. The van der Waals surface area contributed by atoms with Gasteiger partial charge >= 0.3 is 0 Å². The Morgan fingerprint density at radius 3 is 2.93 bits per heavy atom. The maximum absolute atomic E-state index is 13.0. The summed E-state index contributed by atoms with van der Waals surface area (Å²) in [6.45, 7) is 0. The molecule has 0 saturated heterocycles. The molecule has 8 nitrogen and oxygen atoms in total. The zero-order valence-electron chi connectivity index (χ0n) is 15.3. The first-order chi connectivity index (χ1) is 13.1. The van der Waals surface area contributed by atoms with Crippen molar-refractivity contribution < 1.29 is 4.79 Å². The van der Waals surface area contributed by atoms with Gasteiger partial charge in [0, 0.05) is 25.9 Å². The summed E-state index contributed by atoms with van der Waals surface area (Å²) in [5, 5.41) is 7.29. The number of aromatic nitrogens is 5. The van der Waals surface area contributed by atoms with Crippen molar-refractivity contribution in [3.8, 4) is 5.69 Å². The second-order valence-corrected chi connectivity index (χ2v) is 6.74. The highest BCUT2D eigenvalue weighted by molar-refractivity contribution is 5.98. The van der Waals surface area contributed by atoms with E-state index in [1.54, 1.807) is 17.1 Å². The van der Waals surface area contributed by atoms with Crippen LogP contribution in [0.25, 0.3) is 5.69 Å². The molecule has 0 saturated carbocycles. The molecule has 0 bridgehead atoms. The monoisotopic (exact) mass is 363 g/mol. The van der Waals surface area contributed by atoms with Crippen LogP contribution >= 0.6 is 0 Å². The molecule has 0 radical (unpaired) electrons. The van der Waals surface area contributed by atoms with Gasteiger partial charge in [-0.1, -0.05) is 12.1 Å². The Labute approximate surface area is 157 Å². The second-order valence-electron chi connectivity index (χ2n) is 6.74. The summed E-state index contributed by atoms with van der Waals surface area (Å²) < 4.78 is 1.59. The Morgan fingerprint density at radius 2 is 2.15 bits per heavy atom. The highest BCUT2D eigenvalue weighted by Gasteiger charge is 2.25. The van der Waals surface area contributed by atoms with Crippen LogP contribution in [0.15, 0.2) is 43.1 Å². The van der Waals surface area contributed by atoms with Crippen molar-refractivity contribution in [3.05, 3.63) is 59.9 Å². The van der Waals surface area contributed by atoms with Gasteiger partial charge in [-0.2, -0.15) is 5.10 Å².